The Hall–Kier alpha value is -1.07. The molecule has 1 aliphatic rings. The molecule has 0 aliphatic carbocycles. The molecule has 0 radical (unpaired) electrons. The summed E-state index contributed by atoms with van der Waals surface area (Å²) in [5.41, 5.74) is 0. The molecule has 0 unspecified atom stereocenters. The Morgan fingerprint density at radius 2 is 2.04 bits per heavy atom. The van der Waals surface area contributed by atoms with Gasteiger partial charge in [-0.25, -0.2) is 0 Å². The van der Waals surface area contributed by atoms with Crippen molar-refractivity contribution >= 4 is 5.96 Å². The highest BCUT2D eigenvalue weighted by Crippen LogP contribution is 2.09. The van der Waals surface area contributed by atoms with Crippen molar-refractivity contribution in [1.82, 2.24) is 20.4 Å². The Morgan fingerprint density at radius 1 is 1.30 bits per heavy atom. The van der Waals surface area contributed by atoms with Crippen LogP contribution in [0, 0.1) is 0 Å². The minimum Gasteiger partial charge on any atom is -0.357 e. The number of nitrogens with zero attached hydrogens (tertiary/aromatic N) is 3. The third-order valence-electron chi connectivity index (χ3n) is 4.30. The van der Waals surface area contributed by atoms with E-state index in [4.69, 9.17) is 4.99 Å². The van der Waals surface area contributed by atoms with Gasteiger partial charge in [-0.2, -0.15) is 0 Å². The van der Waals surface area contributed by atoms with E-state index >= 15 is 0 Å². The third kappa shape index (κ3) is 8.96. The summed E-state index contributed by atoms with van der Waals surface area (Å²) in [4.78, 5) is 9.56. The fourth-order valence-electron chi connectivity index (χ4n) is 2.83. The van der Waals surface area contributed by atoms with Gasteiger partial charge in [0.05, 0.1) is 6.54 Å². The van der Waals surface area contributed by atoms with Crippen LogP contribution in [0.5, 0.6) is 0 Å². The number of likely N-dealkylation sites (tertiary alicyclic amines) is 1. The number of likely N-dealkylation sites (N-methyl/N-ethyl adjacent to an activating group) is 1. The quantitative estimate of drug-likeness (QED) is 0.366. The number of nitrogens with one attached hydrogen (secondary N) is 2. The van der Waals surface area contributed by atoms with E-state index in [2.05, 4.69) is 47.9 Å². The van der Waals surface area contributed by atoms with Gasteiger partial charge in [-0.1, -0.05) is 19.4 Å². The molecule has 0 atom stereocenters. The predicted octanol–water partition coefficient (Wildman–Crippen LogP) is 1.92. The fourth-order valence-corrected chi connectivity index (χ4v) is 2.83. The highest BCUT2D eigenvalue weighted by Gasteiger charge is 2.18. The molecule has 5 heteroatoms. The lowest BCUT2D eigenvalue weighted by atomic mass is 10.1. The number of guanidine groups is 1. The van der Waals surface area contributed by atoms with Gasteiger partial charge >= 0.3 is 0 Å². The number of unbranched alkanes of at least 4 members (excludes halogenated alkanes) is 1. The van der Waals surface area contributed by atoms with Crippen molar-refractivity contribution in [2.75, 3.05) is 52.9 Å². The van der Waals surface area contributed by atoms with Gasteiger partial charge in [-0.15, -0.1) is 6.58 Å². The molecule has 1 aliphatic heterocycles. The summed E-state index contributed by atoms with van der Waals surface area (Å²) >= 11 is 0. The Kier molecular flexibility index (Phi) is 10.7. The molecule has 1 heterocycles. The first-order valence-corrected chi connectivity index (χ1v) is 9.26. The zero-order valence-electron chi connectivity index (χ0n) is 15.5. The van der Waals surface area contributed by atoms with E-state index in [0.29, 0.717) is 6.04 Å². The van der Waals surface area contributed by atoms with Crippen LogP contribution in [0.1, 0.15) is 39.5 Å². The zero-order valence-corrected chi connectivity index (χ0v) is 15.5. The van der Waals surface area contributed by atoms with Crippen molar-refractivity contribution in [2.45, 2.75) is 45.6 Å². The maximum Gasteiger partial charge on any atom is 0.191 e. The summed E-state index contributed by atoms with van der Waals surface area (Å²) in [5, 5.41) is 6.98. The molecule has 1 fully saturated rings. The van der Waals surface area contributed by atoms with Crippen LogP contribution < -0.4 is 10.6 Å². The van der Waals surface area contributed by atoms with Gasteiger partial charge in [0.25, 0.3) is 0 Å². The van der Waals surface area contributed by atoms with Crippen LogP contribution in [-0.4, -0.2) is 74.7 Å². The van der Waals surface area contributed by atoms with E-state index in [1.54, 1.807) is 0 Å². The molecule has 23 heavy (non-hydrogen) atoms. The van der Waals surface area contributed by atoms with Crippen molar-refractivity contribution in [2.24, 2.45) is 4.99 Å². The van der Waals surface area contributed by atoms with Crippen LogP contribution >= 0.6 is 0 Å². The summed E-state index contributed by atoms with van der Waals surface area (Å²) in [6.45, 7) is 15.4. The smallest absolute Gasteiger partial charge is 0.191 e. The van der Waals surface area contributed by atoms with E-state index in [1.807, 2.05) is 6.08 Å². The molecule has 2 N–H and O–H groups in total. The summed E-state index contributed by atoms with van der Waals surface area (Å²) in [7, 11) is 2.18. The predicted molar refractivity (Wildman–Crippen MR) is 101 cm³/mol. The Balaban J connectivity index is 2.33. The Morgan fingerprint density at radius 3 is 2.65 bits per heavy atom. The zero-order chi connectivity index (χ0) is 16.9. The monoisotopic (exact) mass is 323 g/mol. The molecule has 0 aromatic rings. The number of hydrogen-bond acceptors (Lipinski definition) is 3. The SMILES string of the molecule is C=CCN1CCC(NC(=NCCN(C)CCCC)NCC)CC1. The van der Waals surface area contributed by atoms with Crippen molar-refractivity contribution in [3.05, 3.63) is 12.7 Å². The van der Waals surface area contributed by atoms with E-state index in [1.165, 1.54) is 25.7 Å². The number of aliphatic imine (C=N–C) groups is 1. The summed E-state index contributed by atoms with van der Waals surface area (Å²) in [6, 6.07) is 0.534. The number of piperidine rings is 1. The maximum atomic E-state index is 4.73. The Labute approximate surface area is 143 Å². The van der Waals surface area contributed by atoms with Crippen LogP contribution in [0.4, 0.5) is 0 Å². The van der Waals surface area contributed by atoms with E-state index in [-0.39, 0.29) is 0 Å². The van der Waals surface area contributed by atoms with Gasteiger partial charge in [0, 0.05) is 38.8 Å². The normalized spacial score (nSPS) is 17.5. The molecule has 5 nitrogen and oxygen atoms in total. The topological polar surface area (TPSA) is 42.9 Å². The largest absolute Gasteiger partial charge is 0.357 e. The van der Waals surface area contributed by atoms with Crippen molar-refractivity contribution in [3.63, 3.8) is 0 Å². The Bertz CT molecular complexity index is 334. The first-order valence-electron chi connectivity index (χ1n) is 9.26. The highest BCUT2D eigenvalue weighted by molar-refractivity contribution is 5.80. The molecule has 0 aromatic carbocycles. The first kappa shape index (κ1) is 20.0. The van der Waals surface area contributed by atoms with Crippen molar-refractivity contribution in [3.8, 4) is 0 Å². The lowest BCUT2D eigenvalue weighted by Gasteiger charge is -2.32. The van der Waals surface area contributed by atoms with Crippen LogP contribution in [-0.2, 0) is 0 Å². The van der Waals surface area contributed by atoms with Gasteiger partial charge in [-0.05, 0) is 39.8 Å². The van der Waals surface area contributed by atoms with Gasteiger partial charge in [0.15, 0.2) is 5.96 Å². The average molecular weight is 324 g/mol. The minimum atomic E-state index is 0.534. The second kappa shape index (κ2) is 12.4. The summed E-state index contributed by atoms with van der Waals surface area (Å²) < 4.78 is 0. The second-order valence-electron chi connectivity index (χ2n) is 6.43. The summed E-state index contributed by atoms with van der Waals surface area (Å²) in [6.07, 6.45) is 6.86. The summed E-state index contributed by atoms with van der Waals surface area (Å²) in [5.74, 6) is 0.971. The number of hydrogen-bond donors (Lipinski definition) is 2. The molecule has 0 saturated carbocycles. The molecule has 134 valence electrons. The van der Waals surface area contributed by atoms with E-state index in [9.17, 15) is 0 Å². The van der Waals surface area contributed by atoms with Gasteiger partial charge < -0.3 is 15.5 Å². The van der Waals surface area contributed by atoms with Crippen molar-refractivity contribution in [1.29, 1.82) is 0 Å². The first-order chi connectivity index (χ1) is 11.2. The molecule has 0 spiro atoms. The second-order valence-corrected chi connectivity index (χ2v) is 6.43. The maximum absolute atomic E-state index is 4.73. The van der Waals surface area contributed by atoms with Crippen LogP contribution in [0.2, 0.25) is 0 Å². The average Bonchev–Trinajstić information content (AvgIpc) is 2.55. The molecular weight excluding hydrogens is 286 g/mol. The van der Waals surface area contributed by atoms with Crippen LogP contribution in [0.25, 0.3) is 0 Å². The van der Waals surface area contributed by atoms with Gasteiger partial charge in [0.2, 0.25) is 0 Å². The molecule has 0 bridgehead atoms. The standard InChI is InChI=1S/C18H37N5/c1-5-8-13-22(4)16-11-20-18(19-7-3)21-17-9-14-23(12-6-2)15-10-17/h6,17H,2,5,7-16H2,1,3-4H3,(H2,19,20,21). The van der Waals surface area contributed by atoms with Crippen LogP contribution in [0.15, 0.2) is 17.6 Å². The number of rotatable bonds is 10. The molecule has 0 amide bonds. The lowest BCUT2D eigenvalue weighted by molar-refractivity contribution is 0.225. The van der Waals surface area contributed by atoms with Crippen LogP contribution in [0.3, 0.4) is 0 Å². The molecule has 1 rings (SSSR count). The molecule has 1 saturated heterocycles. The molecule has 0 aromatic heterocycles. The fraction of sp³-hybridized carbons (Fsp3) is 0.833. The van der Waals surface area contributed by atoms with E-state index in [0.717, 1.165) is 51.8 Å². The molecular formula is C18H37N5. The highest BCUT2D eigenvalue weighted by atomic mass is 15.2. The van der Waals surface area contributed by atoms with Gasteiger partial charge in [-0.3, -0.25) is 9.89 Å². The minimum absolute atomic E-state index is 0.534. The van der Waals surface area contributed by atoms with Crippen molar-refractivity contribution < 1.29 is 0 Å². The van der Waals surface area contributed by atoms with Gasteiger partial charge in [0.1, 0.15) is 0 Å². The third-order valence-corrected chi connectivity index (χ3v) is 4.30. The van der Waals surface area contributed by atoms with E-state index < -0.39 is 0 Å². The lowest BCUT2D eigenvalue weighted by Crippen LogP contribution is -2.48.